The normalized spacial score (nSPS) is 14.9. The van der Waals surface area contributed by atoms with Crippen LogP contribution in [0.25, 0.3) is 32.3 Å². The first-order chi connectivity index (χ1) is 36.9. The van der Waals surface area contributed by atoms with Crippen LogP contribution in [0.4, 0.5) is 21.6 Å². The number of hydrogen-bond acceptors (Lipinski definition) is 17. The van der Waals surface area contributed by atoms with Crippen LogP contribution in [0.3, 0.4) is 0 Å². The number of carbonyl (C=O) groups excluding carboxylic acids is 5. The fourth-order valence-electron chi connectivity index (χ4n) is 8.31. The van der Waals surface area contributed by atoms with Gasteiger partial charge in [0.2, 0.25) is 29.5 Å². The smallest absolute Gasteiger partial charge is 0.246 e. The molecule has 0 radical (unpaired) electrons. The fourth-order valence-corrected chi connectivity index (χ4v) is 9.12. The maximum atomic E-state index is 15.3. The molecule has 416 valence electrons. The van der Waals surface area contributed by atoms with Crippen molar-refractivity contribution in [2.45, 2.75) is 85.0 Å². The van der Waals surface area contributed by atoms with Crippen molar-refractivity contribution in [1.82, 2.24) is 35.8 Å². The van der Waals surface area contributed by atoms with Gasteiger partial charge in [0.15, 0.2) is 5.82 Å². The number of amides is 5. The van der Waals surface area contributed by atoms with E-state index < -0.39 is 35.3 Å². The molecule has 6 rings (SSSR count). The van der Waals surface area contributed by atoms with Gasteiger partial charge < -0.3 is 66.4 Å². The molecular formula is C54H71FN10O11S. The first-order valence-electron chi connectivity index (χ1n) is 25.5. The summed E-state index contributed by atoms with van der Waals surface area (Å²) in [6.45, 7) is 12.3. The Balaban J connectivity index is 0.745. The number of aliphatic hydroxyl groups excluding tert-OH is 1. The number of halogens is 1. The predicted octanol–water partition coefficient (Wildman–Crippen LogP) is 4.46. The largest absolute Gasteiger partial charge is 0.397 e. The standard InChI is InChI=1S/C54H71FN10O11S/c1-33-40(28-58-30-42(33)56)39-24-37-25-44(60-29-41(37)49(57)48(39)55)63-46(68)10-13-59-45(67)11-14-72-16-18-74-20-22-76-23-21-75-19-17-73-15-12-47(69)64-51(54(3,4)5)53(71)65-31-38(66)26-43(65)52(70)61-27-35-6-8-36(9-7-35)50-34(2)62-32-77-50/h6-9,24-25,28-30,32,38,43,51,66H,10-23,26-27,31,56-57H2,1-5H3,(H,59,67)(H,61,70)(H,64,69)(H,60,63,68)/t38-,43+,51-/m1/s1. The van der Waals surface area contributed by atoms with Crippen molar-refractivity contribution in [3.05, 3.63) is 83.1 Å². The quantitative estimate of drug-likeness (QED) is 0.0257. The van der Waals surface area contributed by atoms with E-state index in [1.54, 1.807) is 35.9 Å². The van der Waals surface area contributed by atoms with E-state index in [9.17, 15) is 29.1 Å². The first kappa shape index (κ1) is 59.5. The van der Waals surface area contributed by atoms with Gasteiger partial charge in [0.25, 0.3) is 0 Å². The summed E-state index contributed by atoms with van der Waals surface area (Å²) in [6, 6.07) is 9.20. The molecule has 0 saturated carbocycles. The van der Waals surface area contributed by atoms with E-state index in [1.807, 2.05) is 52.0 Å². The Morgan fingerprint density at radius 2 is 1.42 bits per heavy atom. The number of aliphatic hydroxyl groups is 1. The zero-order valence-corrected chi connectivity index (χ0v) is 45.1. The summed E-state index contributed by atoms with van der Waals surface area (Å²) < 4.78 is 42.9. The molecule has 2 aromatic carbocycles. The van der Waals surface area contributed by atoms with Crippen molar-refractivity contribution < 1.29 is 57.2 Å². The minimum Gasteiger partial charge on any atom is -0.397 e. The molecule has 0 bridgehead atoms. The number of β-amino-alcohol motifs (C(OH)–C–C–N with tert-alkyl or cyclic N) is 1. The van der Waals surface area contributed by atoms with Crippen molar-refractivity contribution in [2.24, 2.45) is 5.41 Å². The van der Waals surface area contributed by atoms with Gasteiger partial charge >= 0.3 is 0 Å². The molecule has 1 saturated heterocycles. The molecule has 21 nitrogen and oxygen atoms in total. The van der Waals surface area contributed by atoms with Gasteiger partial charge in [0.05, 0.1) is 106 Å². The average molecular weight is 1090 g/mol. The monoisotopic (exact) mass is 1090 g/mol. The number of fused-ring (bicyclic) bond motifs is 1. The summed E-state index contributed by atoms with van der Waals surface area (Å²) in [7, 11) is 0. The number of likely N-dealkylation sites (tertiary alicyclic amines) is 1. The SMILES string of the molecule is Cc1ncsc1-c1ccc(CNC(=O)[C@@H]2C[C@@H](O)CN2C(=O)[C@@H](NC(=O)CCOCCOCCOCCOCCOCCC(=O)NCCC(=O)Nc2cc3cc(-c4cncc(N)c4C)c(F)c(N)c3cn2)C(C)(C)C)cc1. The summed E-state index contributed by atoms with van der Waals surface area (Å²) in [5.41, 5.74) is 17.8. The van der Waals surface area contributed by atoms with E-state index in [1.165, 1.54) is 23.5 Å². The Hall–Kier alpha value is -6.73. The molecule has 9 N–H and O–H groups in total. The zero-order valence-electron chi connectivity index (χ0n) is 44.3. The van der Waals surface area contributed by atoms with Crippen LogP contribution in [0.5, 0.6) is 0 Å². The number of carbonyl (C=O) groups is 5. The van der Waals surface area contributed by atoms with Crippen LogP contribution < -0.4 is 32.7 Å². The third-order valence-corrected chi connectivity index (χ3v) is 13.6. The van der Waals surface area contributed by atoms with Gasteiger partial charge in [-0.2, -0.15) is 0 Å². The number of nitrogens with two attached hydrogens (primary N) is 2. The summed E-state index contributed by atoms with van der Waals surface area (Å²) >= 11 is 1.56. The second-order valence-corrected chi connectivity index (χ2v) is 20.4. The lowest BCUT2D eigenvalue weighted by atomic mass is 9.85. The highest BCUT2D eigenvalue weighted by Crippen LogP contribution is 2.36. The van der Waals surface area contributed by atoms with Crippen LogP contribution in [0.1, 0.15) is 63.3 Å². The number of hydrogen-bond donors (Lipinski definition) is 7. The number of thiazole rings is 1. The highest BCUT2D eigenvalue weighted by atomic mass is 32.1. The second kappa shape index (κ2) is 29.1. The number of rotatable bonds is 29. The molecule has 1 aliphatic rings. The maximum absolute atomic E-state index is 15.3. The van der Waals surface area contributed by atoms with Gasteiger partial charge in [0, 0.05) is 74.2 Å². The van der Waals surface area contributed by atoms with Crippen LogP contribution in [-0.2, 0) is 54.2 Å². The molecule has 0 spiro atoms. The van der Waals surface area contributed by atoms with Gasteiger partial charge in [-0.15, -0.1) is 11.3 Å². The third-order valence-electron chi connectivity index (χ3n) is 12.6. The highest BCUT2D eigenvalue weighted by Gasteiger charge is 2.44. The predicted molar refractivity (Wildman–Crippen MR) is 290 cm³/mol. The van der Waals surface area contributed by atoms with Gasteiger partial charge in [-0.1, -0.05) is 45.0 Å². The summed E-state index contributed by atoms with van der Waals surface area (Å²) in [5.74, 6) is -2.23. The third kappa shape index (κ3) is 17.6. The molecule has 0 aliphatic carbocycles. The van der Waals surface area contributed by atoms with Crippen LogP contribution in [0.15, 0.2) is 60.5 Å². The zero-order chi connectivity index (χ0) is 55.5. The lowest BCUT2D eigenvalue weighted by molar-refractivity contribution is -0.144. The van der Waals surface area contributed by atoms with Gasteiger partial charge in [-0.25, -0.2) is 14.4 Å². The molecule has 77 heavy (non-hydrogen) atoms. The van der Waals surface area contributed by atoms with Crippen LogP contribution >= 0.6 is 11.3 Å². The first-order valence-corrected chi connectivity index (χ1v) is 26.4. The number of benzene rings is 2. The highest BCUT2D eigenvalue weighted by molar-refractivity contribution is 7.13. The van der Waals surface area contributed by atoms with E-state index >= 15 is 4.39 Å². The Labute approximate surface area is 451 Å². The van der Waals surface area contributed by atoms with E-state index in [0.29, 0.717) is 60.6 Å². The number of anilines is 3. The number of ether oxygens (including phenoxy) is 5. The second-order valence-electron chi connectivity index (χ2n) is 19.5. The van der Waals surface area contributed by atoms with Crippen molar-refractivity contribution in [1.29, 1.82) is 0 Å². The molecule has 1 aliphatic heterocycles. The van der Waals surface area contributed by atoms with Crippen molar-refractivity contribution in [3.8, 4) is 21.6 Å². The van der Waals surface area contributed by atoms with E-state index in [0.717, 1.165) is 21.7 Å². The van der Waals surface area contributed by atoms with E-state index in [4.69, 9.17) is 35.2 Å². The number of nitrogen functional groups attached to an aromatic ring is 2. The van der Waals surface area contributed by atoms with Crippen LogP contribution in [0, 0.1) is 25.1 Å². The molecule has 0 unspecified atom stereocenters. The minimum absolute atomic E-state index is 0.00396. The number of nitrogens with one attached hydrogen (secondary N) is 4. The Morgan fingerprint density at radius 1 is 0.792 bits per heavy atom. The van der Waals surface area contributed by atoms with Gasteiger partial charge in [-0.05, 0) is 53.5 Å². The Morgan fingerprint density at radius 3 is 2.03 bits per heavy atom. The molecule has 5 amide bonds. The molecule has 3 aromatic heterocycles. The average Bonchev–Trinajstić information content (AvgIpc) is 4.03. The molecule has 23 heteroatoms. The Bertz CT molecular complexity index is 2790. The summed E-state index contributed by atoms with van der Waals surface area (Å²) in [5, 5.41) is 22.6. The van der Waals surface area contributed by atoms with Crippen molar-refractivity contribution in [2.75, 3.05) is 95.9 Å². The van der Waals surface area contributed by atoms with E-state index in [-0.39, 0.29) is 119 Å². The molecule has 4 heterocycles. The lowest BCUT2D eigenvalue weighted by Gasteiger charge is -2.35. The van der Waals surface area contributed by atoms with Gasteiger partial charge in [-0.3, -0.25) is 29.0 Å². The number of nitrogens with zero attached hydrogens (tertiary/aromatic N) is 4. The summed E-state index contributed by atoms with van der Waals surface area (Å²) in [6.07, 6.45) is 3.71. The Kier molecular flexibility index (Phi) is 22.5. The number of aromatic nitrogens is 3. The number of aryl methyl sites for hydroxylation is 1. The van der Waals surface area contributed by atoms with Gasteiger partial charge in [0.1, 0.15) is 17.9 Å². The van der Waals surface area contributed by atoms with Crippen LogP contribution in [0.2, 0.25) is 0 Å². The molecule has 1 fully saturated rings. The summed E-state index contributed by atoms with van der Waals surface area (Å²) in [4.78, 5) is 80.3. The van der Waals surface area contributed by atoms with Crippen molar-refractivity contribution in [3.63, 3.8) is 0 Å². The van der Waals surface area contributed by atoms with E-state index in [2.05, 4.69) is 36.2 Å². The molecule has 3 atom stereocenters. The van der Waals surface area contributed by atoms with Crippen LogP contribution in [-0.4, -0.2) is 152 Å². The van der Waals surface area contributed by atoms with Crippen molar-refractivity contribution >= 4 is 68.8 Å². The molecule has 5 aromatic rings. The molecular weight excluding hydrogens is 1020 g/mol. The topological polar surface area (TPSA) is 294 Å². The minimum atomic E-state index is -0.948. The maximum Gasteiger partial charge on any atom is 0.246 e. The number of pyridine rings is 2. The lowest BCUT2D eigenvalue weighted by Crippen LogP contribution is -2.57. The fraction of sp³-hybridized carbons (Fsp3) is 0.481.